The molecule has 0 spiro atoms. The number of hydrogen-bond donors (Lipinski definition) is 0. The molecule has 2 fully saturated rings. The van der Waals surface area contributed by atoms with Crippen LogP contribution in [0, 0.1) is 11.8 Å². The summed E-state index contributed by atoms with van der Waals surface area (Å²) in [5, 5.41) is 0. The summed E-state index contributed by atoms with van der Waals surface area (Å²) in [5.74, 6) is 4.55. The lowest BCUT2D eigenvalue weighted by molar-refractivity contribution is 0.182. The Labute approximate surface area is 60.2 Å². The van der Waals surface area contributed by atoms with E-state index in [9.17, 15) is 0 Å². The van der Waals surface area contributed by atoms with Crippen molar-refractivity contribution in [3.8, 4) is 0 Å². The highest BCUT2D eigenvalue weighted by Crippen LogP contribution is 2.32. The van der Waals surface area contributed by atoms with Crippen LogP contribution in [-0.2, 0) is 4.74 Å². The van der Waals surface area contributed by atoms with Crippen molar-refractivity contribution >= 4 is 11.8 Å². The normalized spacial score (nSPS) is 42.7. The largest absolute Gasteiger partial charge is 0.381 e. The summed E-state index contributed by atoms with van der Waals surface area (Å²) in [5.41, 5.74) is 0. The predicted octanol–water partition coefficient (Wildman–Crippen LogP) is 1.39. The van der Waals surface area contributed by atoms with Gasteiger partial charge in [0, 0.05) is 6.61 Å². The average Bonchev–Trinajstić information content (AvgIpc) is 2.33. The van der Waals surface area contributed by atoms with Crippen LogP contribution < -0.4 is 0 Å². The van der Waals surface area contributed by atoms with Gasteiger partial charge in [0.25, 0.3) is 0 Å². The zero-order valence-electron chi connectivity index (χ0n) is 5.51. The third kappa shape index (κ3) is 1.10. The van der Waals surface area contributed by atoms with Crippen LogP contribution >= 0.6 is 11.8 Å². The minimum atomic E-state index is 0.906. The van der Waals surface area contributed by atoms with Crippen LogP contribution in [0.15, 0.2) is 0 Å². The number of rotatable bonds is 0. The molecular weight excluding hydrogens is 132 g/mol. The Balaban J connectivity index is 1.97. The lowest BCUT2D eigenvalue weighted by atomic mass is 9.95. The van der Waals surface area contributed by atoms with E-state index in [0.717, 1.165) is 25.0 Å². The van der Waals surface area contributed by atoms with Crippen molar-refractivity contribution in [2.45, 2.75) is 6.42 Å². The van der Waals surface area contributed by atoms with Crippen LogP contribution in [-0.4, -0.2) is 24.7 Å². The Hall–Kier alpha value is 0.310. The fourth-order valence-corrected chi connectivity index (χ4v) is 2.92. The van der Waals surface area contributed by atoms with Crippen molar-refractivity contribution in [2.24, 2.45) is 11.8 Å². The van der Waals surface area contributed by atoms with Gasteiger partial charge in [0.15, 0.2) is 0 Å². The van der Waals surface area contributed by atoms with Gasteiger partial charge in [0.1, 0.15) is 0 Å². The molecule has 2 heterocycles. The molecule has 52 valence electrons. The van der Waals surface area contributed by atoms with Gasteiger partial charge in [-0.1, -0.05) is 0 Å². The topological polar surface area (TPSA) is 9.23 Å². The van der Waals surface area contributed by atoms with Gasteiger partial charge >= 0.3 is 0 Å². The summed E-state index contributed by atoms with van der Waals surface area (Å²) < 4.78 is 5.38. The Morgan fingerprint density at radius 1 is 1.22 bits per heavy atom. The molecule has 2 unspecified atom stereocenters. The molecule has 0 aromatic rings. The van der Waals surface area contributed by atoms with E-state index in [-0.39, 0.29) is 0 Å². The highest BCUT2D eigenvalue weighted by Gasteiger charge is 2.30. The van der Waals surface area contributed by atoms with Crippen molar-refractivity contribution in [3.05, 3.63) is 0 Å². The van der Waals surface area contributed by atoms with Crippen molar-refractivity contribution in [3.63, 3.8) is 0 Å². The van der Waals surface area contributed by atoms with Crippen molar-refractivity contribution in [2.75, 3.05) is 24.7 Å². The number of thioether (sulfide) groups is 1. The monoisotopic (exact) mass is 144 g/mol. The Morgan fingerprint density at radius 3 is 3.00 bits per heavy atom. The van der Waals surface area contributed by atoms with Gasteiger partial charge in [-0.25, -0.2) is 0 Å². The zero-order valence-corrected chi connectivity index (χ0v) is 6.32. The maximum Gasteiger partial charge on any atom is 0.0505 e. The van der Waals surface area contributed by atoms with E-state index in [0.29, 0.717) is 0 Å². The Bertz CT molecular complexity index is 93.1. The molecule has 0 aromatic carbocycles. The van der Waals surface area contributed by atoms with E-state index in [1.54, 1.807) is 0 Å². The number of ether oxygens (including phenoxy) is 1. The predicted molar refractivity (Wildman–Crippen MR) is 39.7 cm³/mol. The second kappa shape index (κ2) is 2.51. The van der Waals surface area contributed by atoms with Gasteiger partial charge in [0.2, 0.25) is 0 Å². The SMILES string of the molecule is C1CC2COCC2CS1. The van der Waals surface area contributed by atoms with Crippen LogP contribution in [0.3, 0.4) is 0 Å². The van der Waals surface area contributed by atoms with Crippen LogP contribution in [0.1, 0.15) is 6.42 Å². The van der Waals surface area contributed by atoms with E-state index in [1.165, 1.54) is 17.9 Å². The van der Waals surface area contributed by atoms with Gasteiger partial charge in [-0.15, -0.1) is 0 Å². The van der Waals surface area contributed by atoms with Crippen molar-refractivity contribution in [1.29, 1.82) is 0 Å². The fraction of sp³-hybridized carbons (Fsp3) is 1.00. The van der Waals surface area contributed by atoms with Gasteiger partial charge < -0.3 is 4.74 Å². The fourth-order valence-electron chi connectivity index (χ4n) is 1.62. The molecule has 2 saturated heterocycles. The highest BCUT2D eigenvalue weighted by atomic mass is 32.2. The molecular formula is C7H12OS. The first-order chi connectivity index (χ1) is 4.47. The van der Waals surface area contributed by atoms with E-state index < -0.39 is 0 Å². The van der Waals surface area contributed by atoms with Crippen LogP contribution in [0.25, 0.3) is 0 Å². The van der Waals surface area contributed by atoms with Crippen molar-refractivity contribution < 1.29 is 4.74 Å². The standard InChI is InChI=1S/C7H12OS/c1-2-9-5-7-4-8-3-6(1)7/h6-7H,1-5H2. The summed E-state index contributed by atoms with van der Waals surface area (Å²) in [6.45, 7) is 2.09. The maximum atomic E-state index is 5.38. The minimum Gasteiger partial charge on any atom is -0.381 e. The molecule has 0 radical (unpaired) electrons. The first-order valence-electron chi connectivity index (χ1n) is 3.62. The van der Waals surface area contributed by atoms with Crippen LogP contribution in [0.2, 0.25) is 0 Å². The maximum absolute atomic E-state index is 5.38. The first kappa shape index (κ1) is 6.05. The molecule has 0 aliphatic carbocycles. The van der Waals surface area contributed by atoms with Gasteiger partial charge in [-0.05, 0) is 29.8 Å². The summed E-state index contributed by atoms with van der Waals surface area (Å²) in [7, 11) is 0. The molecule has 0 amide bonds. The zero-order chi connectivity index (χ0) is 6.10. The van der Waals surface area contributed by atoms with Gasteiger partial charge in [0.05, 0.1) is 6.61 Å². The third-order valence-corrected chi connectivity index (χ3v) is 3.48. The average molecular weight is 144 g/mol. The Morgan fingerprint density at radius 2 is 2.11 bits per heavy atom. The van der Waals surface area contributed by atoms with Crippen molar-refractivity contribution in [1.82, 2.24) is 0 Å². The molecule has 0 aromatic heterocycles. The molecule has 0 bridgehead atoms. The number of fused-ring (bicyclic) bond motifs is 1. The van der Waals surface area contributed by atoms with E-state index in [2.05, 4.69) is 11.8 Å². The highest BCUT2D eigenvalue weighted by molar-refractivity contribution is 7.99. The summed E-state index contributed by atoms with van der Waals surface area (Å²) in [6.07, 6.45) is 1.40. The first-order valence-corrected chi connectivity index (χ1v) is 4.78. The minimum absolute atomic E-state index is 0.906. The molecule has 9 heavy (non-hydrogen) atoms. The molecule has 2 atom stereocenters. The lowest BCUT2D eigenvalue weighted by Gasteiger charge is -2.21. The van der Waals surface area contributed by atoms with E-state index in [4.69, 9.17) is 4.74 Å². The number of hydrogen-bond acceptors (Lipinski definition) is 2. The quantitative estimate of drug-likeness (QED) is 0.508. The molecule has 2 aliphatic heterocycles. The third-order valence-electron chi connectivity index (χ3n) is 2.30. The summed E-state index contributed by atoms with van der Waals surface area (Å²) in [4.78, 5) is 0. The smallest absolute Gasteiger partial charge is 0.0505 e. The summed E-state index contributed by atoms with van der Waals surface area (Å²) >= 11 is 2.09. The van der Waals surface area contributed by atoms with Crippen LogP contribution in [0.5, 0.6) is 0 Å². The van der Waals surface area contributed by atoms with Crippen LogP contribution in [0.4, 0.5) is 0 Å². The van der Waals surface area contributed by atoms with Gasteiger partial charge in [-0.3, -0.25) is 0 Å². The molecule has 0 N–H and O–H groups in total. The molecule has 2 heteroatoms. The van der Waals surface area contributed by atoms with Gasteiger partial charge in [-0.2, -0.15) is 11.8 Å². The summed E-state index contributed by atoms with van der Waals surface area (Å²) in [6, 6.07) is 0. The van der Waals surface area contributed by atoms with E-state index in [1.807, 2.05) is 0 Å². The Kier molecular flexibility index (Phi) is 1.68. The second-order valence-corrected chi connectivity index (χ2v) is 4.07. The molecule has 0 saturated carbocycles. The second-order valence-electron chi connectivity index (χ2n) is 2.92. The molecule has 2 aliphatic rings. The molecule has 1 nitrogen and oxygen atoms in total. The lowest BCUT2D eigenvalue weighted by Crippen LogP contribution is -2.20. The molecule has 2 rings (SSSR count). The van der Waals surface area contributed by atoms with E-state index >= 15 is 0 Å².